The van der Waals surface area contributed by atoms with Gasteiger partial charge in [-0.2, -0.15) is 4.98 Å². The molecule has 1 saturated heterocycles. The molecule has 2 aromatic carbocycles. The molecule has 3 aromatic rings. The van der Waals surface area contributed by atoms with Crippen LogP contribution in [0.1, 0.15) is 0 Å². The standard InChI is InChI=1S/C22H22FN3O5S/c1-30-15-19(27)25-11-13-26(14-12-25)22-21(24-20(31-22)16-5-3-2-4-6-16)32(28,29)18-9-7-17(23)8-10-18/h2-10H,11-15H2,1H3. The van der Waals surface area contributed by atoms with E-state index in [1.54, 1.807) is 34.1 Å². The Morgan fingerprint density at radius 3 is 2.34 bits per heavy atom. The number of methoxy groups -OCH3 is 1. The first-order chi connectivity index (χ1) is 15.4. The molecule has 1 aromatic heterocycles. The summed E-state index contributed by atoms with van der Waals surface area (Å²) >= 11 is 0. The number of anilines is 1. The predicted octanol–water partition coefficient (Wildman–Crippen LogP) is 2.61. The summed E-state index contributed by atoms with van der Waals surface area (Å²) in [5, 5.41) is -0.236. The number of aromatic nitrogens is 1. The zero-order valence-electron chi connectivity index (χ0n) is 17.4. The average Bonchev–Trinajstić information content (AvgIpc) is 3.27. The molecule has 0 spiro atoms. The number of hydrogen-bond donors (Lipinski definition) is 0. The number of benzene rings is 2. The highest BCUT2D eigenvalue weighted by Gasteiger charge is 2.33. The molecule has 168 valence electrons. The highest BCUT2D eigenvalue weighted by atomic mass is 32.2. The van der Waals surface area contributed by atoms with Crippen molar-refractivity contribution in [3.63, 3.8) is 0 Å². The minimum atomic E-state index is -4.08. The maximum absolute atomic E-state index is 13.4. The largest absolute Gasteiger partial charge is 0.419 e. The van der Waals surface area contributed by atoms with Crippen molar-refractivity contribution in [3.05, 3.63) is 60.4 Å². The van der Waals surface area contributed by atoms with Crippen LogP contribution in [0.4, 0.5) is 10.3 Å². The first-order valence-corrected chi connectivity index (χ1v) is 11.5. The minimum absolute atomic E-state index is 0.00927. The van der Waals surface area contributed by atoms with E-state index in [2.05, 4.69) is 4.98 Å². The number of halogens is 1. The molecule has 2 heterocycles. The summed E-state index contributed by atoms with van der Waals surface area (Å²) in [6.45, 7) is 1.50. The van der Waals surface area contributed by atoms with Gasteiger partial charge in [0.15, 0.2) is 0 Å². The third kappa shape index (κ3) is 4.37. The van der Waals surface area contributed by atoms with Crippen molar-refractivity contribution in [1.29, 1.82) is 0 Å². The molecule has 0 saturated carbocycles. The fraction of sp³-hybridized carbons (Fsp3) is 0.273. The molecule has 4 rings (SSSR count). The molecule has 0 N–H and O–H groups in total. The van der Waals surface area contributed by atoms with E-state index in [-0.39, 0.29) is 34.2 Å². The van der Waals surface area contributed by atoms with Gasteiger partial charge in [-0.05, 0) is 36.4 Å². The third-order valence-electron chi connectivity index (χ3n) is 5.17. The molecule has 1 aliphatic rings. The summed E-state index contributed by atoms with van der Waals surface area (Å²) in [4.78, 5) is 19.7. The summed E-state index contributed by atoms with van der Waals surface area (Å²) in [5.74, 6) is -0.397. The van der Waals surface area contributed by atoms with Crippen molar-refractivity contribution < 1.29 is 26.8 Å². The van der Waals surface area contributed by atoms with Crippen molar-refractivity contribution >= 4 is 21.6 Å². The Morgan fingerprint density at radius 2 is 1.72 bits per heavy atom. The van der Waals surface area contributed by atoms with Gasteiger partial charge in [0.2, 0.25) is 32.5 Å². The number of carbonyl (C=O) groups is 1. The molecule has 0 bridgehead atoms. The van der Waals surface area contributed by atoms with Crippen LogP contribution in [-0.2, 0) is 19.4 Å². The molecular weight excluding hydrogens is 437 g/mol. The third-order valence-corrected chi connectivity index (χ3v) is 6.83. The molecule has 0 radical (unpaired) electrons. The van der Waals surface area contributed by atoms with Gasteiger partial charge >= 0.3 is 0 Å². The fourth-order valence-corrected chi connectivity index (χ4v) is 4.80. The summed E-state index contributed by atoms with van der Waals surface area (Å²) in [5.41, 5.74) is 0.628. The number of carbonyl (C=O) groups excluding carboxylic acids is 1. The van der Waals surface area contributed by atoms with E-state index in [4.69, 9.17) is 9.15 Å². The highest BCUT2D eigenvalue weighted by molar-refractivity contribution is 7.91. The van der Waals surface area contributed by atoms with Crippen LogP contribution in [0.2, 0.25) is 0 Å². The Morgan fingerprint density at radius 1 is 1.06 bits per heavy atom. The molecule has 0 atom stereocenters. The molecule has 0 unspecified atom stereocenters. The second-order valence-electron chi connectivity index (χ2n) is 7.25. The number of amides is 1. The van der Waals surface area contributed by atoms with E-state index in [1.807, 2.05) is 6.07 Å². The van der Waals surface area contributed by atoms with Gasteiger partial charge in [-0.15, -0.1) is 0 Å². The van der Waals surface area contributed by atoms with Crippen LogP contribution in [0, 0.1) is 5.82 Å². The van der Waals surface area contributed by atoms with Crippen LogP contribution < -0.4 is 4.90 Å². The molecular formula is C22H22FN3O5S. The van der Waals surface area contributed by atoms with Crippen molar-refractivity contribution in [1.82, 2.24) is 9.88 Å². The lowest BCUT2D eigenvalue weighted by Crippen LogP contribution is -2.49. The van der Waals surface area contributed by atoms with Crippen LogP contribution in [0.3, 0.4) is 0 Å². The Balaban J connectivity index is 1.71. The van der Waals surface area contributed by atoms with Crippen molar-refractivity contribution in [2.75, 3.05) is 44.8 Å². The lowest BCUT2D eigenvalue weighted by Gasteiger charge is -2.34. The van der Waals surface area contributed by atoms with E-state index < -0.39 is 15.7 Å². The first-order valence-electron chi connectivity index (χ1n) is 9.98. The lowest BCUT2D eigenvalue weighted by atomic mass is 10.2. The molecule has 10 heteroatoms. The Kier molecular flexibility index (Phi) is 6.24. The van der Waals surface area contributed by atoms with Gasteiger partial charge in [0.25, 0.3) is 0 Å². The topological polar surface area (TPSA) is 92.9 Å². The van der Waals surface area contributed by atoms with Gasteiger partial charge in [-0.3, -0.25) is 4.79 Å². The van der Waals surface area contributed by atoms with Crippen molar-refractivity contribution in [2.45, 2.75) is 9.92 Å². The van der Waals surface area contributed by atoms with Crippen LogP contribution in [-0.4, -0.2) is 64.1 Å². The second kappa shape index (κ2) is 9.09. The quantitative estimate of drug-likeness (QED) is 0.523. The zero-order valence-corrected chi connectivity index (χ0v) is 18.2. The average molecular weight is 459 g/mol. The van der Waals surface area contributed by atoms with E-state index in [0.717, 1.165) is 12.1 Å². The normalized spacial score (nSPS) is 14.6. The van der Waals surface area contributed by atoms with Gasteiger partial charge in [0, 0.05) is 38.9 Å². The maximum Gasteiger partial charge on any atom is 0.248 e. The maximum atomic E-state index is 13.4. The van der Waals surface area contributed by atoms with Crippen molar-refractivity contribution in [3.8, 4) is 11.5 Å². The summed E-state index contributed by atoms with van der Waals surface area (Å²) in [7, 11) is -2.62. The number of nitrogens with zero attached hydrogens (tertiary/aromatic N) is 3. The summed E-state index contributed by atoms with van der Waals surface area (Å²) in [6.07, 6.45) is 0. The van der Waals surface area contributed by atoms with E-state index in [1.165, 1.54) is 19.2 Å². The highest BCUT2D eigenvalue weighted by Crippen LogP contribution is 2.35. The second-order valence-corrected chi connectivity index (χ2v) is 9.12. The van der Waals surface area contributed by atoms with Gasteiger partial charge in [0.05, 0.1) is 4.90 Å². The number of rotatable bonds is 6. The lowest BCUT2D eigenvalue weighted by molar-refractivity contribution is -0.135. The number of ether oxygens (including phenoxy) is 1. The first kappa shape index (κ1) is 22.0. The Bertz CT molecular complexity index is 1190. The summed E-state index contributed by atoms with van der Waals surface area (Å²) < 4.78 is 50.9. The van der Waals surface area contributed by atoms with Gasteiger partial charge < -0.3 is 19.0 Å². The zero-order chi connectivity index (χ0) is 22.7. The number of hydrogen-bond acceptors (Lipinski definition) is 7. The van der Waals surface area contributed by atoms with Crippen LogP contribution in [0.5, 0.6) is 0 Å². The van der Waals surface area contributed by atoms with Crippen LogP contribution >= 0.6 is 0 Å². The van der Waals surface area contributed by atoms with Gasteiger partial charge in [0.1, 0.15) is 12.4 Å². The molecule has 1 amide bonds. The molecule has 8 nitrogen and oxygen atoms in total. The van der Waals surface area contributed by atoms with Crippen LogP contribution in [0.25, 0.3) is 11.5 Å². The molecule has 1 aliphatic heterocycles. The van der Waals surface area contributed by atoms with E-state index in [0.29, 0.717) is 31.7 Å². The predicted molar refractivity (Wildman–Crippen MR) is 114 cm³/mol. The van der Waals surface area contributed by atoms with E-state index >= 15 is 0 Å². The number of piperazine rings is 1. The van der Waals surface area contributed by atoms with Gasteiger partial charge in [-0.1, -0.05) is 18.2 Å². The van der Waals surface area contributed by atoms with Gasteiger partial charge in [-0.25, -0.2) is 12.8 Å². The smallest absolute Gasteiger partial charge is 0.248 e. The number of oxazole rings is 1. The summed E-state index contributed by atoms with van der Waals surface area (Å²) in [6, 6.07) is 13.5. The van der Waals surface area contributed by atoms with E-state index in [9.17, 15) is 17.6 Å². The number of sulfone groups is 1. The molecule has 32 heavy (non-hydrogen) atoms. The Labute approximate surface area is 185 Å². The molecule has 1 fully saturated rings. The monoisotopic (exact) mass is 459 g/mol. The molecule has 0 aliphatic carbocycles. The SMILES string of the molecule is COCC(=O)N1CCN(c2oc(-c3ccccc3)nc2S(=O)(=O)c2ccc(F)cc2)CC1. The Hall–Kier alpha value is -3.24. The van der Waals surface area contributed by atoms with Crippen LogP contribution in [0.15, 0.2) is 68.9 Å². The van der Waals surface area contributed by atoms with Crippen molar-refractivity contribution in [2.24, 2.45) is 0 Å². The fourth-order valence-electron chi connectivity index (χ4n) is 3.48. The minimum Gasteiger partial charge on any atom is -0.419 e.